The van der Waals surface area contributed by atoms with Gasteiger partial charge < -0.3 is 15.2 Å². The fraction of sp³-hybridized carbons (Fsp3) is 0.0870. The minimum atomic E-state index is -0.804. The van der Waals surface area contributed by atoms with Crippen LogP contribution in [0.2, 0.25) is 0 Å². The molecule has 0 saturated carbocycles. The maximum atomic E-state index is 13.3. The second-order valence-electron chi connectivity index (χ2n) is 6.54. The standard InChI is InChI=1S/C23H16N2O4/c1-2-11-28-14-9-7-13(8-10-14)18-17(12-24)23(25)29-22-19(18)20(26)15-5-3-4-6-16(15)21(22)27/h2-10,18H,1,11,25H2. The van der Waals surface area contributed by atoms with Gasteiger partial charge in [-0.05, 0) is 17.7 Å². The molecule has 142 valence electrons. The molecule has 1 heterocycles. The first-order valence-corrected chi connectivity index (χ1v) is 8.90. The van der Waals surface area contributed by atoms with Crippen molar-refractivity contribution < 1.29 is 19.1 Å². The molecule has 0 spiro atoms. The first kappa shape index (κ1) is 18.3. The lowest BCUT2D eigenvalue weighted by Crippen LogP contribution is -2.32. The van der Waals surface area contributed by atoms with Crippen LogP contribution in [0.5, 0.6) is 5.75 Å². The molecule has 1 unspecified atom stereocenters. The molecule has 4 rings (SSSR count). The van der Waals surface area contributed by atoms with E-state index in [0.717, 1.165) is 0 Å². The van der Waals surface area contributed by atoms with Crippen LogP contribution in [0.1, 0.15) is 32.2 Å². The van der Waals surface area contributed by atoms with Crippen molar-refractivity contribution in [3.05, 3.63) is 101 Å². The van der Waals surface area contributed by atoms with Crippen LogP contribution in [-0.2, 0) is 4.74 Å². The number of hydrogen-bond donors (Lipinski definition) is 1. The van der Waals surface area contributed by atoms with Crippen molar-refractivity contribution in [2.45, 2.75) is 5.92 Å². The van der Waals surface area contributed by atoms with Crippen LogP contribution in [-0.4, -0.2) is 18.2 Å². The van der Waals surface area contributed by atoms with Crippen molar-refractivity contribution >= 4 is 11.6 Å². The maximum absolute atomic E-state index is 13.3. The molecule has 2 N–H and O–H groups in total. The third-order valence-electron chi connectivity index (χ3n) is 4.87. The predicted molar refractivity (Wildman–Crippen MR) is 105 cm³/mol. The van der Waals surface area contributed by atoms with Crippen LogP contribution in [0.15, 0.2) is 84.0 Å². The van der Waals surface area contributed by atoms with Gasteiger partial charge in [-0.15, -0.1) is 0 Å². The van der Waals surface area contributed by atoms with E-state index in [0.29, 0.717) is 17.9 Å². The quantitative estimate of drug-likeness (QED) is 0.811. The second kappa shape index (κ2) is 7.13. The minimum absolute atomic E-state index is 0.0871. The number of ether oxygens (including phenoxy) is 2. The molecule has 1 aliphatic heterocycles. The summed E-state index contributed by atoms with van der Waals surface area (Å²) >= 11 is 0. The Labute approximate surface area is 167 Å². The van der Waals surface area contributed by atoms with Gasteiger partial charge in [0.15, 0.2) is 11.5 Å². The highest BCUT2D eigenvalue weighted by Crippen LogP contribution is 2.44. The van der Waals surface area contributed by atoms with Gasteiger partial charge in [0.2, 0.25) is 11.7 Å². The lowest BCUT2D eigenvalue weighted by molar-refractivity contribution is 0.0897. The third kappa shape index (κ3) is 2.89. The Hall–Kier alpha value is -4.11. The molecule has 29 heavy (non-hydrogen) atoms. The van der Waals surface area contributed by atoms with Gasteiger partial charge in [-0.1, -0.05) is 49.1 Å². The van der Waals surface area contributed by atoms with Gasteiger partial charge >= 0.3 is 0 Å². The summed E-state index contributed by atoms with van der Waals surface area (Å²) in [7, 11) is 0. The summed E-state index contributed by atoms with van der Waals surface area (Å²) in [5.74, 6) is -1.27. The van der Waals surface area contributed by atoms with Crippen LogP contribution in [0.4, 0.5) is 0 Å². The smallest absolute Gasteiger partial charge is 0.229 e. The van der Waals surface area contributed by atoms with E-state index in [9.17, 15) is 14.9 Å². The van der Waals surface area contributed by atoms with Gasteiger partial charge in [0.05, 0.1) is 11.5 Å². The summed E-state index contributed by atoms with van der Waals surface area (Å²) in [6, 6.07) is 15.5. The SMILES string of the molecule is C=CCOc1ccc(C2C(C#N)=C(N)OC3=C2C(=O)c2ccccc2C3=O)cc1. The zero-order valence-corrected chi connectivity index (χ0v) is 15.3. The molecule has 1 aliphatic carbocycles. The van der Waals surface area contributed by atoms with E-state index in [4.69, 9.17) is 15.2 Å². The summed E-state index contributed by atoms with van der Waals surface area (Å²) in [4.78, 5) is 26.2. The molecular weight excluding hydrogens is 368 g/mol. The van der Waals surface area contributed by atoms with Gasteiger partial charge in [-0.2, -0.15) is 5.26 Å². The number of carbonyl (C=O) groups is 2. The minimum Gasteiger partial charge on any atom is -0.490 e. The van der Waals surface area contributed by atoms with E-state index in [1.807, 2.05) is 6.07 Å². The number of benzene rings is 2. The number of fused-ring (bicyclic) bond motifs is 1. The third-order valence-corrected chi connectivity index (χ3v) is 4.87. The Balaban J connectivity index is 1.85. The number of Topliss-reactive ketones (excluding diaryl/α,β-unsaturated/α-hetero) is 2. The molecule has 0 bridgehead atoms. The van der Waals surface area contributed by atoms with Crippen molar-refractivity contribution in [1.29, 1.82) is 5.26 Å². The van der Waals surface area contributed by atoms with Gasteiger partial charge in [-0.3, -0.25) is 9.59 Å². The highest BCUT2D eigenvalue weighted by Gasteiger charge is 2.43. The highest BCUT2D eigenvalue weighted by atomic mass is 16.5. The molecule has 1 atom stereocenters. The number of carbonyl (C=O) groups excluding carboxylic acids is 2. The lowest BCUT2D eigenvalue weighted by Gasteiger charge is -2.30. The Morgan fingerprint density at radius 1 is 1.10 bits per heavy atom. The van der Waals surface area contributed by atoms with Crippen molar-refractivity contribution in [1.82, 2.24) is 0 Å². The molecule has 0 fully saturated rings. The van der Waals surface area contributed by atoms with Crippen LogP contribution >= 0.6 is 0 Å². The zero-order valence-electron chi connectivity index (χ0n) is 15.3. The van der Waals surface area contributed by atoms with Gasteiger partial charge in [0.25, 0.3) is 0 Å². The molecule has 0 amide bonds. The molecular formula is C23H16N2O4. The molecule has 6 heteroatoms. The first-order valence-electron chi connectivity index (χ1n) is 8.90. The number of nitriles is 1. The topological polar surface area (TPSA) is 102 Å². The Morgan fingerprint density at radius 2 is 1.76 bits per heavy atom. The largest absolute Gasteiger partial charge is 0.490 e. The summed E-state index contributed by atoms with van der Waals surface area (Å²) in [5, 5.41) is 9.68. The van der Waals surface area contributed by atoms with Crippen LogP contribution in [0, 0.1) is 11.3 Å². The van der Waals surface area contributed by atoms with E-state index < -0.39 is 11.7 Å². The van der Waals surface area contributed by atoms with Gasteiger partial charge in [0.1, 0.15) is 24.0 Å². The number of hydrogen-bond acceptors (Lipinski definition) is 6. The predicted octanol–water partition coefficient (Wildman–Crippen LogP) is 3.39. The number of allylic oxidation sites excluding steroid dienone is 3. The number of rotatable bonds is 4. The van der Waals surface area contributed by atoms with Crippen LogP contribution in [0.3, 0.4) is 0 Å². The second-order valence-corrected chi connectivity index (χ2v) is 6.54. The molecule has 2 aliphatic rings. The molecule has 2 aromatic carbocycles. The van der Waals surface area contributed by atoms with Crippen molar-refractivity contribution in [3.8, 4) is 11.8 Å². The average molecular weight is 384 g/mol. The monoisotopic (exact) mass is 384 g/mol. The lowest BCUT2D eigenvalue weighted by atomic mass is 9.75. The zero-order chi connectivity index (χ0) is 20.5. The summed E-state index contributed by atoms with van der Waals surface area (Å²) in [6.45, 7) is 3.96. The van der Waals surface area contributed by atoms with Crippen LogP contribution < -0.4 is 10.5 Å². The average Bonchev–Trinajstić information content (AvgIpc) is 2.75. The molecule has 0 radical (unpaired) electrons. The summed E-state index contributed by atoms with van der Waals surface area (Å²) in [5.41, 5.74) is 7.34. The van der Waals surface area contributed by atoms with Crippen molar-refractivity contribution in [2.24, 2.45) is 5.73 Å². The molecule has 2 aromatic rings. The number of ketones is 2. The van der Waals surface area contributed by atoms with E-state index in [2.05, 4.69) is 6.58 Å². The summed E-state index contributed by atoms with van der Waals surface area (Å²) in [6.07, 6.45) is 1.63. The van der Waals surface area contributed by atoms with E-state index in [1.54, 1.807) is 54.6 Å². The Kier molecular flexibility index (Phi) is 4.49. The van der Waals surface area contributed by atoms with E-state index >= 15 is 0 Å². The van der Waals surface area contributed by atoms with E-state index in [-0.39, 0.29) is 39.7 Å². The van der Waals surface area contributed by atoms with Crippen molar-refractivity contribution in [3.63, 3.8) is 0 Å². The van der Waals surface area contributed by atoms with Gasteiger partial charge in [-0.25, -0.2) is 0 Å². The number of nitrogens with two attached hydrogens (primary N) is 1. The molecule has 0 saturated heterocycles. The van der Waals surface area contributed by atoms with Crippen molar-refractivity contribution in [2.75, 3.05) is 6.61 Å². The maximum Gasteiger partial charge on any atom is 0.229 e. The fourth-order valence-electron chi connectivity index (χ4n) is 3.55. The Morgan fingerprint density at radius 3 is 2.38 bits per heavy atom. The Bertz CT molecular complexity index is 1150. The summed E-state index contributed by atoms with van der Waals surface area (Å²) < 4.78 is 11.0. The van der Waals surface area contributed by atoms with Gasteiger partial charge in [0, 0.05) is 11.1 Å². The fourth-order valence-corrected chi connectivity index (χ4v) is 3.55. The van der Waals surface area contributed by atoms with Crippen LogP contribution in [0.25, 0.3) is 0 Å². The highest BCUT2D eigenvalue weighted by molar-refractivity contribution is 6.27. The van der Waals surface area contributed by atoms with E-state index in [1.165, 1.54) is 0 Å². The normalized spacial score (nSPS) is 17.8. The number of nitrogens with zero attached hydrogens (tertiary/aromatic N) is 1. The molecule has 0 aromatic heterocycles. The first-order chi connectivity index (χ1) is 14.1. The molecule has 6 nitrogen and oxygen atoms in total.